The number of amides is 1. The molecule has 0 aliphatic heterocycles. The monoisotopic (exact) mass is 514 g/mol. The molecular weight excluding hydrogens is 499 g/mol. The molecule has 172 valence electrons. The molecule has 0 atom stereocenters. The van der Waals surface area contributed by atoms with E-state index in [4.69, 9.17) is 39.5 Å². The highest BCUT2D eigenvalue weighted by atomic mass is 35.5. The zero-order valence-corrected chi connectivity index (χ0v) is 20.2. The molecule has 2 aromatic heterocycles. The smallest absolute Gasteiger partial charge is 0.338 e. The molecule has 1 N–H and O–H groups in total. The third-order valence-corrected chi connectivity index (χ3v) is 5.81. The van der Waals surface area contributed by atoms with E-state index in [0.717, 1.165) is 5.56 Å². The van der Waals surface area contributed by atoms with Crippen molar-refractivity contribution in [3.63, 3.8) is 0 Å². The topological polar surface area (TPSA) is 86.1 Å². The Morgan fingerprint density at radius 2 is 1.68 bits per heavy atom. The number of pyridine rings is 1. The predicted molar refractivity (Wildman–Crippen MR) is 132 cm³/mol. The number of hydrogen-bond donors (Lipinski definition) is 1. The van der Waals surface area contributed by atoms with Crippen LogP contribution in [-0.2, 0) is 4.74 Å². The van der Waals surface area contributed by atoms with Crippen LogP contribution >= 0.6 is 34.8 Å². The van der Waals surface area contributed by atoms with Gasteiger partial charge in [0.05, 0.1) is 29.1 Å². The van der Waals surface area contributed by atoms with Crippen molar-refractivity contribution in [2.24, 2.45) is 0 Å². The van der Waals surface area contributed by atoms with Crippen LogP contribution in [-0.4, -0.2) is 33.8 Å². The fourth-order valence-corrected chi connectivity index (χ4v) is 4.02. The Hall–Kier alpha value is -3.39. The third-order valence-electron chi connectivity index (χ3n) is 5.02. The molecule has 4 aromatic rings. The van der Waals surface area contributed by atoms with E-state index in [9.17, 15) is 9.59 Å². The molecule has 0 saturated carbocycles. The molecule has 0 spiro atoms. The Bertz CT molecular complexity index is 1400. The van der Waals surface area contributed by atoms with Gasteiger partial charge in [0, 0.05) is 27.4 Å². The van der Waals surface area contributed by atoms with E-state index in [1.807, 2.05) is 12.1 Å². The first kappa shape index (κ1) is 23.8. The van der Waals surface area contributed by atoms with Crippen LogP contribution in [0.25, 0.3) is 16.9 Å². The number of hydrogen-bond acceptors (Lipinski definition) is 5. The normalized spacial score (nSPS) is 10.7. The predicted octanol–water partition coefficient (Wildman–Crippen LogP) is 6.24. The quantitative estimate of drug-likeness (QED) is 0.318. The number of rotatable bonds is 5. The number of nitrogens with one attached hydrogen (secondary N) is 1. The van der Waals surface area contributed by atoms with E-state index >= 15 is 0 Å². The summed E-state index contributed by atoms with van der Waals surface area (Å²) in [6.45, 7) is 1.78. The Balaban J connectivity index is 1.80. The second-order valence-corrected chi connectivity index (χ2v) is 8.49. The maximum absolute atomic E-state index is 13.2. The molecule has 1 amide bonds. The Kier molecular flexibility index (Phi) is 6.88. The highest BCUT2D eigenvalue weighted by Crippen LogP contribution is 2.33. The highest BCUT2D eigenvalue weighted by Gasteiger charge is 2.24. The van der Waals surface area contributed by atoms with E-state index in [0.29, 0.717) is 32.0 Å². The summed E-state index contributed by atoms with van der Waals surface area (Å²) in [5, 5.41) is 8.66. The number of carbonyl (C=O) groups is 2. The zero-order valence-electron chi connectivity index (χ0n) is 18.0. The van der Waals surface area contributed by atoms with E-state index in [1.54, 1.807) is 41.9 Å². The lowest BCUT2D eigenvalue weighted by Gasteiger charge is -2.11. The summed E-state index contributed by atoms with van der Waals surface area (Å²) in [5.41, 5.74) is 3.00. The molecule has 0 saturated heterocycles. The van der Waals surface area contributed by atoms with Crippen LogP contribution in [0.4, 0.5) is 5.82 Å². The molecule has 2 heterocycles. The standard InChI is InChI=1S/C24H17Cl3N4O3/c1-13-21(23(32)29-20-11-15(9-10-28-20)24(33)34-2)30-31(19-8-7-17(26)12-18(19)27)22(13)14-3-5-16(25)6-4-14/h3-12H,1-2H3,(H,28,29,32). The van der Waals surface area contributed by atoms with Gasteiger partial charge < -0.3 is 10.1 Å². The average Bonchev–Trinajstić information content (AvgIpc) is 3.16. The van der Waals surface area contributed by atoms with Gasteiger partial charge in [-0.15, -0.1) is 0 Å². The van der Waals surface area contributed by atoms with Crippen LogP contribution in [0.2, 0.25) is 15.1 Å². The summed E-state index contributed by atoms with van der Waals surface area (Å²) in [6.07, 6.45) is 1.40. The van der Waals surface area contributed by atoms with E-state index in [2.05, 4.69) is 15.4 Å². The SMILES string of the molecule is COC(=O)c1ccnc(NC(=O)c2nn(-c3ccc(Cl)cc3Cl)c(-c3ccc(Cl)cc3)c2C)c1. The van der Waals surface area contributed by atoms with Crippen LogP contribution < -0.4 is 5.32 Å². The number of esters is 1. The van der Waals surface area contributed by atoms with Crippen molar-refractivity contribution in [2.45, 2.75) is 6.92 Å². The van der Waals surface area contributed by atoms with Crippen molar-refractivity contribution in [1.82, 2.24) is 14.8 Å². The molecule has 0 aliphatic rings. The summed E-state index contributed by atoms with van der Waals surface area (Å²) in [6, 6.07) is 15.1. The van der Waals surface area contributed by atoms with Crippen molar-refractivity contribution in [1.29, 1.82) is 0 Å². The molecule has 2 aromatic carbocycles. The first-order chi connectivity index (χ1) is 16.3. The van der Waals surface area contributed by atoms with Crippen molar-refractivity contribution in [3.8, 4) is 16.9 Å². The van der Waals surface area contributed by atoms with Gasteiger partial charge in [0.2, 0.25) is 0 Å². The number of anilines is 1. The van der Waals surface area contributed by atoms with Gasteiger partial charge in [-0.3, -0.25) is 4.79 Å². The number of nitrogens with zero attached hydrogens (tertiary/aromatic N) is 3. The molecule has 0 bridgehead atoms. The van der Waals surface area contributed by atoms with Gasteiger partial charge in [-0.1, -0.05) is 46.9 Å². The zero-order chi connectivity index (χ0) is 24.4. The second-order valence-electron chi connectivity index (χ2n) is 7.21. The molecule has 34 heavy (non-hydrogen) atoms. The fourth-order valence-electron chi connectivity index (χ4n) is 3.40. The van der Waals surface area contributed by atoms with Crippen LogP contribution in [0.5, 0.6) is 0 Å². The van der Waals surface area contributed by atoms with Gasteiger partial charge in [-0.25, -0.2) is 14.5 Å². The van der Waals surface area contributed by atoms with E-state index in [-0.39, 0.29) is 17.1 Å². The van der Waals surface area contributed by atoms with Crippen LogP contribution in [0.15, 0.2) is 60.8 Å². The summed E-state index contributed by atoms with van der Waals surface area (Å²) >= 11 is 18.6. The highest BCUT2D eigenvalue weighted by molar-refractivity contribution is 6.35. The Morgan fingerprint density at radius 3 is 2.35 bits per heavy atom. The first-order valence-corrected chi connectivity index (χ1v) is 11.1. The van der Waals surface area contributed by atoms with Gasteiger partial charge in [-0.2, -0.15) is 5.10 Å². The van der Waals surface area contributed by atoms with E-state index in [1.165, 1.54) is 25.4 Å². The molecule has 0 aliphatic carbocycles. The van der Waals surface area contributed by atoms with Crippen LogP contribution in [0.1, 0.15) is 26.4 Å². The summed E-state index contributed by atoms with van der Waals surface area (Å²) in [5.74, 6) is -0.869. The van der Waals surface area contributed by atoms with Crippen LogP contribution in [0.3, 0.4) is 0 Å². The van der Waals surface area contributed by atoms with E-state index < -0.39 is 11.9 Å². The second kappa shape index (κ2) is 9.85. The van der Waals surface area contributed by atoms with Gasteiger partial charge >= 0.3 is 5.97 Å². The minimum Gasteiger partial charge on any atom is -0.465 e. The number of aromatic nitrogens is 3. The van der Waals surface area contributed by atoms with Crippen molar-refractivity contribution in [3.05, 3.63) is 92.7 Å². The molecule has 7 nitrogen and oxygen atoms in total. The molecule has 0 radical (unpaired) electrons. The molecule has 0 fully saturated rings. The average molecular weight is 516 g/mol. The largest absolute Gasteiger partial charge is 0.465 e. The number of carbonyl (C=O) groups excluding carboxylic acids is 2. The maximum Gasteiger partial charge on any atom is 0.338 e. The third kappa shape index (κ3) is 4.77. The lowest BCUT2D eigenvalue weighted by atomic mass is 10.1. The van der Waals surface area contributed by atoms with Gasteiger partial charge in [0.1, 0.15) is 5.82 Å². The minimum absolute atomic E-state index is 0.154. The first-order valence-electron chi connectivity index (χ1n) is 9.95. The molecule has 10 heteroatoms. The minimum atomic E-state index is -0.541. The molecular formula is C24H17Cl3N4O3. The van der Waals surface area contributed by atoms with Crippen molar-refractivity contribution in [2.75, 3.05) is 12.4 Å². The Labute approximate surface area is 210 Å². The molecule has 4 rings (SSSR count). The lowest BCUT2D eigenvalue weighted by molar-refractivity contribution is 0.0600. The maximum atomic E-state index is 13.2. The van der Waals surface area contributed by atoms with Crippen LogP contribution in [0, 0.1) is 6.92 Å². The van der Waals surface area contributed by atoms with Crippen molar-refractivity contribution < 1.29 is 14.3 Å². The Morgan fingerprint density at radius 1 is 0.971 bits per heavy atom. The van der Waals surface area contributed by atoms with Gasteiger partial charge in [0.15, 0.2) is 5.69 Å². The molecule has 0 unspecified atom stereocenters. The summed E-state index contributed by atoms with van der Waals surface area (Å²) in [7, 11) is 1.28. The number of methoxy groups -OCH3 is 1. The lowest BCUT2D eigenvalue weighted by Crippen LogP contribution is -2.16. The fraction of sp³-hybridized carbons (Fsp3) is 0.0833. The van der Waals surface area contributed by atoms with Crippen molar-refractivity contribution >= 4 is 52.5 Å². The number of benzene rings is 2. The number of halogens is 3. The van der Waals surface area contributed by atoms with Gasteiger partial charge in [-0.05, 0) is 49.4 Å². The van der Waals surface area contributed by atoms with Gasteiger partial charge in [0.25, 0.3) is 5.91 Å². The summed E-state index contributed by atoms with van der Waals surface area (Å²) in [4.78, 5) is 29.1. The summed E-state index contributed by atoms with van der Waals surface area (Å²) < 4.78 is 6.31. The number of ether oxygens (including phenoxy) is 1.